The maximum Gasteiger partial charge on any atom is 0.0286 e. The van der Waals surface area contributed by atoms with Crippen molar-refractivity contribution in [3.8, 4) is 0 Å². The predicted molar refractivity (Wildman–Crippen MR) is 69.7 cm³/mol. The monoisotopic (exact) mass is 366 g/mol. The molecule has 0 unspecified atom stereocenters. The normalized spacial score (nSPS) is 11.8. The molecule has 0 radical (unpaired) electrons. The van der Waals surface area contributed by atoms with Gasteiger partial charge < -0.3 is 0 Å². The summed E-state index contributed by atoms with van der Waals surface area (Å²) in [5.74, 6) is 0. The molecule has 3 heteroatoms. The van der Waals surface area contributed by atoms with Crippen LogP contribution in [0, 0.1) is 0 Å². The third kappa shape index (κ3) is 3.56. The Morgan fingerprint density at radius 3 is 2.23 bits per heavy atom. The zero-order valence-corrected chi connectivity index (χ0v) is 11.7. The summed E-state index contributed by atoms with van der Waals surface area (Å²) in [4.78, 5) is 0. The molecule has 0 aliphatic rings. The number of hydrogen-bond acceptors (Lipinski definition) is 0. The molecule has 1 aromatic carbocycles. The van der Waals surface area contributed by atoms with Gasteiger partial charge in [0.05, 0.1) is 0 Å². The highest BCUT2D eigenvalue weighted by Gasteiger charge is 1.98. The number of hydrogen-bond donors (Lipinski definition) is 0. The molecule has 0 aromatic heterocycles. The fourth-order valence-electron chi connectivity index (χ4n) is 1.01. The molecule has 0 aliphatic carbocycles. The van der Waals surface area contributed by atoms with E-state index in [1.165, 1.54) is 11.1 Å². The first-order valence-corrected chi connectivity index (χ1v) is 6.88. The van der Waals surface area contributed by atoms with Crippen LogP contribution >= 0.6 is 47.8 Å². The second-order valence-corrected chi connectivity index (χ2v) is 4.65. The van der Waals surface area contributed by atoms with Crippen LogP contribution in [0.5, 0.6) is 0 Å². The maximum absolute atomic E-state index is 3.47. The molecule has 0 N–H and O–H groups in total. The van der Waals surface area contributed by atoms with Gasteiger partial charge in [-0.2, -0.15) is 0 Å². The summed E-state index contributed by atoms with van der Waals surface area (Å²) < 4.78 is 1.11. The Bertz CT molecular complexity index is 288. The molecule has 13 heavy (non-hydrogen) atoms. The standard InChI is InChI=1S/C10H9Br3/c11-6-5-9(7-12)8-1-3-10(13)4-2-8/h1-5H,6-7H2/b9-5+. The van der Waals surface area contributed by atoms with Gasteiger partial charge in [-0.05, 0) is 23.3 Å². The van der Waals surface area contributed by atoms with Gasteiger partial charge in [0.1, 0.15) is 0 Å². The Morgan fingerprint density at radius 2 is 1.77 bits per heavy atom. The van der Waals surface area contributed by atoms with Gasteiger partial charge in [-0.1, -0.05) is 66.0 Å². The highest BCUT2D eigenvalue weighted by atomic mass is 79.9. The summed E-state index contributed by atoms with van der Waals surface area (Å²) >= 11 is 10.3. The summed E-state index contributed by atoms with van der Waals surface area (Å²) in [7, 11) is 0. The van der Waals surface area contributed by atoms with Crippen LogP contribution in [-0.2, 0) is 0 Å². The molecule has 0 heterocycles. The van der Waals surface area contributed by atoms with Crippen LogP contribution in [0.4, 0.5) is 0 Å². The minimum atomic E-state index is 0.889. The molecular weight excluding hydrogens is 360 g/mol. The number of allylic oxidation sites excluding steroid dienone is 2. The van der Waals surface area contributed by atoms with E-state index < -0.39 is 0 Å². The first-order chi connectivity index (χ1) is 6.27. The zero-order valence-electron chi connectivity index (χ0n) is 6.93. The van der Waals surface area contributed by atoms with Crippen molar-refractivity contribution in [1.29, 1.82) is 0 Å². The third-order valence-corrected chi connectivity index (χ3v) is 3.14. The van der Waals surface area contributed by atoms with Crippen molar-refractivity contribution >= 4 is 53.4 Å². The van der Waals surface area contributed by atoms with Gasteiger partial charge in [0.25, 0.3) is 0 Å². The molecular formula is C10H9Br3. The van der Waals surface area contributed by atoms with Crippen LogP contribution in [0.3, 0.4) is 0 Å². The van der Waals surface area contributed by atoms with Gasteiger partial charge in [0.2, 0.25) is 0 Å². The minimum Gasteiger partial charge on any atom is -0.0883 e. The van der Waals surface area contributed by atoms with E-state index in [-0.39, 0.29) is 0 Å². The second-order valence-electron chi connectivity index (χ2n) is 2.52. The van der Waals surface area contributed by atoms with Crippen LogP contribution in [0.1, 0.15) is 5.56 Å². The largest absolute Gasteiger partial charge is 0.0883 e. The van der Waals surface area contributed by atoms with Crippen molar-refractivity contribution in [3.63, 3.8) is 0 Å². The Balaban J connectivity index is 2.92. The molecule has 0 amide bonds. The number of alkyl halides is 2. The number of rotatable bonds is 3. The van der Waals surface area contributed by atoms with Crippen molar-refractivity contribution in [1.82, 2.24) is 0 Å². The second kappa shape index (κ2) is 5.99. The number of benzene rings is 1. The molecule has 0 atom stereocenters. The highest BCUT2D eigenvalue weighted by Crippen LogP contribution is 2.19. The molecule has 1 aromatic rings. The van der Waals surface area contributed by atoms with Gasteiger partial charge in [0, 0.05) is 15.1 Å². The van der Waals surface area contributed by atoms with E-state index in [9.17, 15) is 0 Å². The molecule has 70 valence electrons. The molecule has 0 fully saturated rings. The van der Waals surface area contributed by atoms with Crippen molar-refractivity contribution in [2.45, 2.75) is 0 Å². The summed E-state index contributed by atoms with van der Waals surface area (Å²) in [5, 5.41) is 1.78. The summed E-state index contributed by atoms with van der Waals surface area (Å²) in [6.07, 6.45) is 2.16. The lowest BCUT2D eigenvalue weighted by molar-refractivity contribution is 1.54. The fraction of sp³-hybridized carbons (Fsp3) is 0.200. The quantitative estimate of drug-likeness (QED) is 0.683. The van der Waals surface area contributed by atoms with Gasteiger partial charge in [-0.3, -0.25) is 0 Å². The first-order valence-electron chi connectivity index (χ1n) is 3.85. The highest BCUT2D eigenvalue weighted by molar-refractivity contribution is 9.10. The van der Waals surface area contributed by atoms with E-state index >= 15 is 0 Å². The van der Waals surface area contributed by atoms with Crippen LogP contribution in [0.15, 0.2) is 34.8 Å². The Kier molecular flexibility index (Phi) is 5.29. The topological polar surface area (TPSA) is 0 Å². The molecule has 1 rings (SSSR count). The molecule has 0 aliphatic heterocycles. The van der Waals surface area contributed by atoms with Crippen molar-refractivity contribution in [2.75, 3.05) is 10.7 Å². The maximum atomic E-state index is 3.47. The third-order valence-electron chi connectivity index (χ3n) is 1.68. The van der Waals surface area contributed by atoms with E-state index in [2.05, 4.69) is 78.1 Å². The summed E-state index contributed by atoms with van der Waals surface area (Å²) in [6, 6.07) is 8.33. The average molecular weight is 369 g/mol. The van der Waals surface area contributed by atoms with E-state index in [0.29, 0.717) is 0 Å². The first kappa shape index (κ1) is 11.5. The molecule has 0 saturated heterocycles. The average Bonchev–Trinajstić information content (AvgIpc) is 2.16. The van der Waals surface area contributed by atoms with E-state index in [1.807, 2.05) is 0 Å². The van der Waals surface area contributed by atoms with Crippen LogP contribution in [-0.4, -0.2) is 10.7 Å². The van der Waals surface area contributed by atoms with Crippen molar-refractivity contribution < 1.29 is 0 Å². The Labute approximate surface area is 104 Å². The molecule has 0 saturated carbocycles. The van der Waals surface area contributed by atoms with Gasteiger partial charge in [-0.15, -0.1) is 0 Å². The van der Waals surface area contributed by atoms with Crippen LogP contribution in [0.2, 0.25) is 0 Å². The number of halogens is 3. The lowest BCUT2D eigenvalue weighted by Crippen LogP contribution is -1.85. The van der Waals surface area contributed by atoms with Crippen LogP contribution in [0.25, 0.3) is 5.57 Å². The minimum absolute atomic E-state index is 0.889. The van der Waals surface area contributed by atoms with Crippen molar-refractivity contribution in [2.24, 2.45) is 0 Å². The summed E-state index contributed by atoms with van der Waals surface area (Å²) in [6.45, 7) is 0. The lowest BCUT2D eigenvalue weighted by atomic mass is 10.1. The molecule has 0 bridgehead atoms. The SMILES string of the molecule is BrC/C=C(\CBr)c1ccc(Br)cc1. The Hall–Kier alpha value is 0.400. The molecule has 0 nitrogen and oxygen atoms in total. The zero-order chi connectivity index (χ0) is 9.68. The van der Waals surface area contributed by atoms with E-state index in [0.717, 1.165) is 15.1 Å². The van der Waals surface area contributed by atoms with E-state index in [1.54, 1.807) is 0 Å². The summed E-state index contributed by atoms with van der Waals surface area (Å²) in [5.41, 5.74) is 2.57. The smallest absolute Gasteiger partial charge is 0.0286 e. The Morgan fingerprint density at radius 1 is 1.15 bits per heavy atom. The lowest BCUT2D eigenvalue weighted by Gasteiger charge is -2.03. The van der Waals surface area contributed by atoms with Gasteiger partial charge in [-0.25, -0.2) is 0 Å². The van der Waals surface area contributed by atoms with E-state index in [4.69, 9.17) is 0 Å². The van der Waals surface area contributed by atoms with Crippen molar-refractivity contribution in [3.05, 3.63) is 40.4 Å². The van der Waals surface area contributed by atoms with Crippen LogP contribution < -0.4 is 0 Å². The predicted octanol–water partition coefficient (Wildman–Crippen LogP) is 4.62. The fourth-order valence-corrected chi connectivity index (χ4v) is 2.21. The van der Waals surface area contributed by atoms with Gasteiger partial charge in [0.15, 0.2) is 0 Å². The molecule has 0 spiro atoms. The van der Waals surface area contributed by atoms with Gasteiger partial charge >= 0.3 is 0 Å².